The van der Waals surface area contributed by atoms with E-state index in [2.05, 4.69) is 33.8 Å². The summed E-state index contributed by atoms with van der Waals surface area (Å²) in [6.45, 7) is 9.17. The Morgan fingerprint density at radius 1 is 1.23 bits per heavy atom. The first kappa shape index (κ1) is 18.0. The molecule has 1 saturated carbocycles. The molecule has 1 aromatic heterocycles. The molecule has 1 amide bonds. The van der Waals surface area contributed by atoms with Crippen molar-refractivity contribution in [2.24, 2.45) is 11.3 Å². The number of rotatable bonds is 6. The highest BCUT2D eigenvalue weighted by atomic mass is 16.4. The summed E-state index contributed by atoms with van der Waals surface area (Å²) in [7, 11) is 0. The van der Waals surface area contributed by atoms with Crippen LogP contribution in [0.4, 0.5) is 0 Å². The zero-order valence-electron chi connectivity index (χ0n) is 16.2. The smallest absolute Gasteiger partial charge is 0.230 e. The number of piperidine rings is 2. The third-order valence-corrected chi connectivity index (χ3v) is 6.23. The van der Waals surface area contributed by atoms with E-state index in [0.29, 0.717) is 24.2 Å². The predicted octanol–water partition coefficient (Wildman–Crippen LogP) is 3.20. The molecule has 2 aliphatic heterocycles. The topological polar surface area (TPSA) is 62.5 Å². The van der Waals surface area contributed by atoms with Crippen LogP contribution in [0, 0.1) is 11.3 Å². The molecule has 144 valence electrons. The fourth-order valence-corrected chi connectivity index (χ4v) is 4.52. The number of carbonyl (C=O) groups excluding carboxylic acids is 1. The molecule has 26 heavy (non-hydrogen) atoms. The SMILES string of the molecule is CC(C)CCN1C[C@]2(CCCN(Cc3nnc(C4CC4)o3)C2)CCC1=O. The minimum atomic E-state index is 0.252. The molecule has 1 spiro atoms. The summed E-state index contributed by atoms with van der Waals surface area (Å²) in [6.07, 6.45) is 7.62. The van der Waals surface area contributed by atoms with Crippen LogP contribution >= 0.6 is 0 Å². The summed E-state index contributed by atoms with van der Waals surface area (Å²) in [5.74, 6) is 3.09. The maximum atomic E-state index is 12.4. The van der Waals surface area contributed by atoms with Gasteiger partial charge in [0, 0.05) is 37.4 Å². The first-order valence-corrected chi connectivity index (χ1v) is 10.4. The molecule has 4 rings (SSSR count). The van der Waals surface area contributed by atoms with E-state index in [1.54, 1.807) is 0 Å². The third-order valence-electron chi connectivity index (χ3n) is 6.23. The van der Waals surface area contributed by atoms with E-state index in [-0.39, 0.29) is 5.41 Å². The van der Waals surface area contributed by atoms with Gasteiger partial charge in [0.25, 0.3) is 0 Å². The summed E-state index contributed by atoms with van der Waals surface area (Å²) in [6, 6.07) is 0. The van der Waals surface area contributed by atoms with Gasteiger partial charge in [0.1, 0.15) is 0 Å². The Labute approximate surface area is 156 Å². The van der Waals surface area contributed by atoms with Gasteiger partial charge in [-0.05, 0) is 51.0 Å². The Bertz CT molecular complexity index is 640. The summed E-state index contributed by atoms with van der Waals surface area (Å²) in [5, 5.41) is 8.47. The van der Waals surface area contributed by atoms with Gasteiger partial charge >= 0.3 is 0 Å². The first-order valence-electron chi connectivity index (χ1n) is 10.4. The largest absolute Gasteiger partial charge is 0.424 e. The zero-order valence-corrected chi connectivity index (χ0v) is 16.2. The molecule has 3 aliphatic rings. The van der Waals surface area contributed by atoms with Gasteiger partial charge in [0.05, 0.1) is 6.54 Å². The van der Waals surface area contributed by atoms with Gasteiger partial charge in [0.15, 0.2) is 0 Å². The number of hydrogen-bond acceptors (Lipinski definition) is 5. The summed E-state index contributed by atoms with van der Waals surface area (Å²) in [5.41, 5.74) is 0.252. The zero-order chi connectivity index (χ0) is 18.1. The second-order valence-corrected chi connectivity index (χ2v) is 9.12. The van der Waals surface area contributed by atoms with E-state index in [0.717, 1.165) is 57.3 Å². The van der Waals surface area contributed by atoms with Crippen LogP contribution in [0.2, 0.25) is 0 Å². The van der Waals surface area contributed by atoms with Crippen molar-refractivity contribution in [1.82, 2.24) is 20.0 Å². The Morgan fingerprint density at radius 2 is 2.08 bits per heavy atom. The van der Waals surface area contributed by atoms with E-state index in [1.807, 2.05) is 0 Å². The van der Waals surface area contributed by atoms with E-state index in [4.69, 9.17) is 4.42 Å². The second-order valence-electron chi connectivity index (χ2n) is 9.12. The predicted molar refractivity (Wildman–Crippen MR) is 98.5 cm³/mol. The maximum Gasteiger partial charge on any atom is 0.230 e. The quantitative estimate of drug-likeness (QED) is 0.779. The van der Waals surface area contributed by atoms with Gasteiger partial charge in [0.2, 0.25) is 17.7 Å². The molecule has 2 saturated heterocycles. The summed E-state index contributed by atoms with van der Waals surface area (Å²) in [4.78, 5) is 16.9. The molecule has 0 unspecified atom stereocenters. The molecule has 6 nitrogen and oxygen atoms in total. The number of amides is 1. The van der Waals surface area contributed by atoms with Gasteiger partial charge in [-0.15, -0.1) is 10.2 Å². The van der Waals surface area contributed by atoms with Crippen molar-refractivity contribution in [3.63, 3.8) is 0 Å². The van der Waals surface area contributed by atoms with Crippen molar-refractivity contribution in [1.29, 1.82) is 0 Å². The van der Waals surface area contributed by atoms with Crippen LogP contribution < -0.4 is 0 Å². The monoisotopic (exact) mass is 360 g/mol. The van der Waals surface area contributed by atoms with Crippen LogP contribution in [0.15, 0.2) is 4.42 Å². The maximum absolute atomic E-state index is 12.4. The molecule has 1 atom stereocenters. The van der Waals surface area contributed by atoms with Crippen LogP contribution in [0.25, 0.3) is 0 Å². The van der Waals surface area contributed by atoms with E-state index in [9.17, 15) is 4.79 Å². The summed E-state index contributed by atoms with van der Waals surface area (Å²) >= 11 is 0. The molecule has 3 heterocycles. The fourth-order valence-electron chi connectivity index (χ4n) is 4.52. The molecular formula is C20H32N4O2. The number of nitrogens with zero attached hydrogens (tertiary/aromatic N) is 4. The average molecular weight is 361 g/mol. The lowest BCUT2D eigenvalue weighted by molar-refractivity contribution is -0.139. The first-order chi connectivity index (χ1) is 12.5. The van der Waals surface area contributed by atoms with Crippen molar-refractivity contribution in [2.45, 2.75) is 71.3 Å². The Balaban J connectivity index is 1.37. The van der Waals surface area contributed by atoms with E-state index < -0.39 is 0 Å². The lowest BCUT2D eigenvalue weighted by atomic mass is 9.73. The number of aromatic nitrogens is 2. The number of carbonyl (C=O) groups is 1. The van der Waals surface area contributed by atoms with Crippen molar-refractivity contribution in [3.05, 3.63) is 11.8 Å². The lowest BCUT2D eigenvalue weighted by Crippen LogP contribution is -2.54. The Hall–Kier alpha value is -1.43. The van der Waals surface area contributed by atoms with Crippen LogP contribution in [0.3, 0.4) is 0 Å². The van der Waals surface area contributed by atoms with Crippen LogP contribution in [0.1, 0.15) is 76.5 Å². The minimum Gasteiger partial charge on any atom is -0.424 e. The van der Waals surface area contributed by atoms with Crippen molar-refractivity contribution in [3.8, 4) is 0 Å². The molecule has 1 aromatic rings. The molecule has 6 heteroatoms. The van der Waals surface area contributed by atoms with Crippen molar-refractivity contribution >= 4 is 5.91 Å². The van der Waals surface area contributed by atoms with Crippen LogP contribution in [-0.2, 0) is 11.3 Å². The Morgan fingerprint density at radius 3 is 2.85 bits per heavy atom. The third kappa shape index (κ3) is 4.11. The highest BCUT2D eigenvalue weighted by Gasteiger charge is 2.41. The highest BCUT2D eigenvalue weighted by molar-refractivity contribution is 5.77. The second kappa shape index (κ2) is 7.29. The highest BCUT2D eigenvalue weighted by Crippen LogP contribution is 2.40. The van der Waals surface area contributed by atoms with Crippen molar-refractivity contribution in [2.75, 3.05) is 26.2 Å². The molecule has 1 aliphatic carbocycles. The van der Waals surface area contributed by atoms with Gasteiger partial charge < -0.3 is 9.32 Å². The van der Waals surface area contributed by atoms with Gasteiger partial charge in [-0.3, -0.25) is 9.69 Å². The summed E-state index contributed by atoms with van der Waals surface area (Å²) < 4.78 is 5.86. The molecule has 0 radical (unpaired) electrons. The van der Waals surface area contributed by atoms with Gasteiger partial charge in [-0.1, -0.05) is 13.8 Å². The fraction of sp³-hybridized carbons (Fsp3) is 0.850. The normalized spacial score (nSPS) is 27.7. The van der Waals surface area contributed by atoms with Gasteiger partial charge in [-0.25, -0.2) is 0 Å². The molecule has 0 N–H and O–H groups in total. The van der Waals surface area contributed by atoms with Crippen LogP contribution in [-0.4, -0.2) is 52.1 Å². The molecule has 3 fully saturated rings. The number of hydrogen-bond donors (Lipinski definition) is 0. The Kier molecular flexibility index (Phi) is 5.04. The lowest BCUT2D eigenvalue weighted by Gasteiger charge is -2.48. The molecular weight excluding hydrogens is 328 g/mol. The average Bonchev–Trinajstić information content (AvgIpc) is 3.36. The van der Waals surface area contributed by atoms with Gasteiger partial charge in [-0.2, -0.15) is 0 Å². The van der Waals surface area contributed by atoms with E-state index in [1.165, 1.54) is 25.7 Å². The number of likely N-dealkylation sites (tertiary alicyclic amines) is 2. The van der Waals surface area contributed by atoms with Crippen molar-refractivity contribution < 1.29 is 9.21 Å². The standard InChI is InChI=1S/C20H32N4O2/c1-15(2)7-11-24-14-20(9-6-18(24)25)8-3-10-23(13-20)12-17-21-22-19(26-17)16-4-5-16/h15-16H,3-14H2,1-2H3/t20-/m1/s1. The van der Waals surface area contributed by atoms with E-state index >= 15 is 0 Å². The van der Waals surface area contributed by atoms with Crippen LogP contribution in [0.5, 0.6) is 0 Å². The molecule has 0 bridgehead atoms. The molecule has 0 aromatic carbocycles. The minimum absolute atomic E-state index is 0.252.